The van der Waals surface area contributed by atoms with Crippen LogP contribution in [0.15, 0.2) is 51.7 Å². The van der Waals surface area contributed by atoms with Crippen LogP contribution in [0.1, 0.15) is 13.3 Å². The van der Waals surface area contributed by atoms with E-state index in [4.69, 9.17) is 14.9 Å². The van der Waals surface area contributed by atoms with Crippen molar-refractivity contribution in [2.45, 2.75) is 13.3 Å². The number of nitrogen functional groups attached to an aromatic ring is 1. The van der Waals surface area contributed by atoms with Gasteiger partial charge < -0.3 is 19.9 Å². The SMILES string of the molecule is CCCOc1ccc(N)cc1-c1nc2c(oc3ccccc32)c(=O)[nH]1.Cl. The number of aromatic amines is 1. The molecule has 3 N–H and O–H groups in total. The number of nitrogens with two attached hydrogens (primary N) is 1. The number of ether oxygens (including phenoxy) is 1. The third-order valence-electron chi connectivity index (χ3n) is 3.95. The van der Waals surface area contributed by atoms with Gasteiger partial charge in [-0.25, -0.2) is 4.98 Å². The lowest BCUT2D eigenvalue weighted by Gasteiger charge is -2.11. The molecule has 134 valence electrons. The van der Waals surface area contributed by atoms with Crippen LogP contribution >= 0.6 is 12.4 Å². The fraction of sp³-hybridized carbons (Fsp3) is 0.158. The maximum absolute atomic E-state index is 12.5. The summed E-state index contributed by atoms with van der Waals surface area (Å²) in [6.07, 6.45) is 0.874. The van der Waals surface area contributed by atoms with Gasteiger partial charge in [-0.3, -0.25) is 4.79 Å². The van der Waals surface area contributed by atoms with E-state index in [1.807, 2.05) is 31.2 Å². The lowest BCUT2D eigenvalue weighted by atomic mass is 10.1. The van der Waals surface area contributed by atoms with Gasteiger partial charge in [0.15, 0.2) is 0 Å². The number of hydrogen-bond donors (Lipinski definition) is 2. The maximum Gasteiger partial charge on any atom is 0.294 e. The van der Waals surface area contributed by atoms with Crippen molar-refractivity contribution >= 4 is 40.2 Å². The number of para-hydroxylation sites is 1. The van der Waals surface area contributed by atoms with Gasteiger partial charge in [0.25, 0.3) is 5.56 Å². The van der Waals surface area contributed by atoms with E-state index < -0.39 is 0 Å². The van der Waals surface area contributed by atoms with Crippen LogP contribution in [0.25, 0.3) is 33.5 Å². The number of nitrogens with one attached hydrogen (secondary N) is 1. The van der Waals surface area contributed by atoms with Crippen molar-refractivity contribution < 1.29 is 9.15 Å². The molecule has 4 aromatic rings. The van der Waals surface area contributed by atoms with Crippen LogP contribution in [0, 0.1) is 0 Å². The number of furan rings is 1. The molecule has 0 bridgehead atoms. The van der Waals surface area contributed by atoms with Gasteiger partial charge in [-0.1, -0.05) is 19.1 Å². The van der Waals surface area contributed by atoms with Crippen LogP contribution in [0.3, 0.4) is 0 Å². The second-order valence-corrected chi connectivity index (χ2v) is 5.79. The second-order valence-electron chi connectivity index (χ2n) is 5.79. The molecule has 0 aliphatic heterocycles. The van der Waals surface area contributed by atoms with E-state index in [1.54, 1.807) is 18.2 Å². The molecule has 0 saturated carbocycles. The Hall–Kier alpha value is -2.99. The normalized spacial score (nSPS) is 10.8. The zero-order valence-electron chi connectivity index (χ0n) is 14.1. The van der Waals surface area contributed by atoms with Crippen molar-refractivity contribution in [3.05, 3.63) is 52.8 Å². The smallest absolute Gasteiger partial charge is 0.294 e. The van der Waals surface area contributed by atoms with Gasteiger partial charge in [-0.15, -0.1) is 12.4 Å². The van der Waals surface area contributed by atoms with Crippen molar-refractivity contribution in [1.29, 1.82) is 0 Å². The third kappa shape index (κ3) is 2.99. The number of aromatic nitrogens is 2. The average Bonchev–Trinajstić information content (AvgIpc) is 3.00. The number of H-pyrrole nitrogens is 1. The van der Waals surface area contributed by atoms with E-state index in [1.165, 1.54) is 0 Å². The summed E-state index contributed by atoms with van der Waals surface area (Å²) in [7, 11) is 0. The number of anilines is 1. The minimum atomic E-state index is -0.333. The summed E-state index contributed by atoms with van der Waals surface area (Å²) < 4.78 is 11.4. The Morgan fingerprint density at radius 3 is 2.85 bits per heavy atom. The van der Waals surface area contributed by atoms with Gasteiger partial charge in [0.2, 0.25) is 5.58 Å². The fourth-order valence-electron chi connectivity index (χ4n) is 2.80. The molecule has 0 saturated heterocycles. The summed E-state index contributed by atoms with van der Waals surface area (Å²) in [5, 5.41) is 0.796. The highest BCUT2D eigenvalue weighted by Gasteiger charge is 2.16. The van der Waals surface area contributed by atoms with Crippen molar-refractivity contribution in [1.82, 2.24) is 9.97 Å². The minimum absolute atomic E-state index is 0. The molecule has 0 amide bonds. The van der Waals surface area contributed by atoms with Crippen molar-refractivity contribution in [2.24, 2.45) is 0 Å². The molecule has 0 radical (unpaired) electrons. The minimum Gasteiger partial charge on any atom is -0.493 e. The molecule has 0 aliphatic carbocycles. The first-order chi connectivity index (χ1) is 12.2. The number of nitrogens with zero attached hydrogens (tertiary/aromatic N) is 1. The predicted molar refractivity (Wildman–Crippen MR) is 105 cm³/mol. The van der Waals surface area contributed by atoms with E-state index in [2.05, 4.69) is 9.97 Å². The van der Waals surface area contributed by atoms with Gasteiger partial charge in [-0.05, 0) is 36.8 Å². The molecular weight excluding hydrogens is 354 g/mol. The first kappa shape index (κ1) is 17.8. The van der Waals surface area contributed by atoms with Crippen LogP contribution in [0.5, 0.6) is 5.75 Å². The molecule has 6 nitrogen and oxygen atoms in total. The van der Waals surface area contributed by atoms with E-state index in [9.17, 15) is 4.79 Å². The Morgan fingerprint density at radius 2 is 2.04 bits per heavy atom. The number of hydrogen-bond acceptors (Lipinski definition) is 5. The van der Waals surface area contributed by atoms with Crippen LogP contribution in [-0.2, 0) is 0 Å². The van der Waals surface area contributed by atoms with Gasteiger partial charge in [0.1, 0.15) is 22.7 Å². The highest BCUT2D eigenvalue weighted by Crippen LogP contribution is 2.32. The van der Waals surface area contributed by atoms with E-state index >= 15 is 0 Å². The van der Waals surface area contributed by atoms with Crippen LogP contribution in [0.4, 0.5) is 5.69 Å². The Kier molecular flexibility index (Phi) is 4.86. The van der Waals surface area contributed by atoms with Crippen LogP contribution in [-0.4, -0.2) is 16.6 Å². The molecular formula is C19H18ClN3O3. The van der Waals surface area contributed by atoms with Gasteiger partial charge in [0, 0.05) is 11.1 Å². The first-order valence-corrected chi connectivity index (χ1v) is 8.11. The highest BCUT2D eigenvalue weighted by atomic mass is 35.5. The summed E-state index contributed by atoms with van der Waals surface area (Å²) in [6.45, 7) is 2.60. The second kappa shape index (κ2) is 7.09. The van der Waals surface area contributed by atoms with Gasteiger partial charge in [-0.2, -0.15) is 0 Å². The van der Waals surface area contributed by atoms with Crippen molar-refractivity contribution in [3.8, 4) is 17.1 Å². The molecule has 2 heterocycles. The van der Waals surface area contributed by atoms with E-state index in [0.717, 1.165) is 11.8 Å². The topological polar surface area (TPSA) is 94.1 Å². The Morgan fingerprint density at radius 1 is 1.23 bits per heavy atom. The lowest BCUT2D eigenvalue weighted by Crippen LogP contribution is -2.09. The zero-order valence-corrected chi connectivity index (χ0v) is 14.9. The summed E-state index contributed by atoms with van der Waals surface area (Å²) in [5.41, 5.74) is 8.17. The molecule has 0 spiro atoms. The molecule has 0 aliphatic rings. The van der Waals surface area contributed by atoms with Gasteiger partial charge >= 0.3 is 0 Å². The fourth-order valence-corrected chi connectivity index (χ4v) is 2.80. The van der Waals surface area contributed by atoms with Crippen molar-refractivity contribution in [2.75, 3.05) is 12.3 Å². The molecule has 7 heteroatoms. The molecule has 2 aromatic heterocycles. The summed E-state index contributed by atoms with van der Waals surface area (Å²) in [5.74, 6) is 1.04. The number of fused-ring (bicyclic) bond motifs is 3. The summed E-state index contributed by atoms with van der Waals surface area (Å²) >= 11 is 0. The highest BCUT2D eigenvalue weighted by molar-refractivity contribution is 6.02. The molecule has 0 unspecified atom stereocenters. The van der Waals surface area contributed by atoms with Crippen LogP contribution in [0.2, 0.25) is 0 Å². The molecule has 4 rings (SSSR count). The van der Waals surface area contributed by atoms with E-state index in [0.29, 0.717) is 40.5 Å². The third-order valence-corrected chi connectivity index (χ3v) is 3.95. The lowest BCUT2D eigenvalue weighted by molar-refractivity contribution is 0.318. The molecule has 26 heavy (non-hydrogen) atoms. The molecule has 0 fully saturated rings. The summed E-state index contributed by atoms with van der Waals surface area (Å²) in [6, 6.07) is 12.7. The Bertz CT molecular complexity index is 1130. The van der Waals surface area contributed by atoms with Crippen LogP contribution < -0.4 is 16.0 Å². The largest absolute Gasteiger partial charge is 0.493 e. The standard InChI is InChI=1S/C19H17N3O3.ClH/c1-2-9-24-14-8-7-11(20)10-13(14)18-21-16-12-5-3-4-6-15(12)25-17(16)19(23)22-18;/h3-8,10H,2,9,20H2,1H3,(H,21,22,23);1H. The summed E-state index contributed by atoms with van der Waals surface area (Å²) in [4.78, 5) is 19.9. The Labute approximate surface area is 155 Å². The zero-order chi connectivity index (χ0) is 17.4. The Balaban J connectivity index is 0.00000196. The monoisotopic (exact) mass is 371 g/mol. The number of rotatable bonds is 4. The number of halogens is 1. The van der Waals surface area contributed by atoms with Gasteiger partial charge in [0.05, 0.1) is 12.2 Å². The molecule has 0 atom stereocenters. The maximum atomic E-state index is 12.5. The number of benzene rings is 2. The first-order valence-electron chi connectivity index (χ1n) is 8.11. The predicted octanol–water partition coefficient (Wildman–Crippen LogP) is 4.13. The average molecular weight is 372 g/mol. The molecule has 2 aromatic carbocycles. The van der Waals surface area contributed by atoms with E-state index in [-0.39, 0.29) is 23.5 Å². The quantitative estimate of drug-likeness (QED) is 0.526. The van der Waals surface area contributed by atoms with Crippen molar-refractivity contribution in [3.63, 3.8) is 0 Å².